The molecule has 1 rings (SSSR count). The van der Waals surface area contributed by atoms with Crippen LogP contribution in [0.5, 0.6) is 5.75 Å². The molecule has 0 spiro atoms. The van der Waals surface area contributed by atoms with Gasteiger partial charge < -0.3 is 14.6 Å². The van der Waals surface area contributed by atoms with E-state index >= 15 is 0 Å². The van der Waals surface area contributed by atoms with Gasteiger partial charge in [-0.15, -0.1) is 0 Å². The average Bonchev–Trinajstić information content (AvgIpc) is 2.46. The Balaban J connectivity index is 2.90. The van der Waals surface area contributed by atoms with Crippen molar-refractivity contribution in [1.82, 2.24) is 0 Å². The quantitative estimate of drug-likeness (QED) is 0.743. The molecule has 0 saturated carbocycles. The Morgan fingerprint density at radius 1 is 1.25 bits per heavy atom. The molecule has 0 heterocycles. The van der Waals surface area contributed by atoms with Gasteiger partial charge in [0.25, 0.3) is 0 Å². The summed E-state index contributed by atoms with van der Waals surface area (Å²) in [5.41, 5.74) is 0.709. The van der Waals surface area contributed by atoms with Crippen LogP contribution in [0.1, 0.15) is 51.7 Å². The Kier molecular flexibility index (Phi) is 7.09. The number of hydrogen-bond acceptors (Lipinski definition) is 4. The molecule has 0 aliphatic carbocycles. The molecule has 0 aliphatic rings. The summed E-state index contributed by atoms with van der Waals surface area (Å²) in [5, 5.41) is 10.00. The molecule has 20 heavy (non-hydrogen) atoms. The van der Waals surface area contributed by atoms with E-state index < -0.39 is 12.2 Å². The van der Waals surface area contributed by atoms with Gasteiger partial charge in [-0.1, -0.05) is 38.5 Å². The number of esters is 1. The first kappa shape index (κ1) is 16.5. The summed E-state index contributed by atoms with van der Waals surface area (Å²) in [5.74, 6) is 0.198. The van der Waals surface area contributed by atoms with Crippen molar-refractivity contribution in [1.29, 1.82) is 0 Å². The van der Waals surface area contributed by atoms with Gasteiger partial charge in [0.2, 0.25) is 0 Å². The second-order valence-corrected chi connectivity index (χ2v) is 4.61. The molecule has 0 fully saturated rings. The van der Waals surface area contributed by atoms with Crippen molar-refractivity contribution in [2.24, 2.45) is 0 Å². The van der Waals surface area contributed by atoms with Crippen LogP contribution in [0, 0.1) is 0 Å². The van der Waals surface area contributed by atoms with Gasteiger partial charge in [-0.2, -0.15) is 0 Å². The summed E-state index contributed by atoms with van der Waals surface area (Å²) in [6, 6.07) is 7.27. The highest BCUT2D eigenvalue weighted by molar-refractivity contribution is 5.75. The van der Waals surface area contributed by atoms with E-state index in [1.54, 1.807) is 13.0 Å². The molecule has 0 bridgehead atoms. The Labute approximate surface area is 120 Å². The van der Waals surface area contributed by atoms with E-state index in [0.29, 0.717) is 30.8 Å². The molecule has 0 aromatic heterocycles. The average molecular weight is 280 g/mol. The highest BCUT2D eigenvalue weighted by Crippen LogP contribution is 2.28. The second-order valence-electron chi connectivity index (χ2n) is 4.61. The zero-order valence-corrected chi connectivity index (χ0v) is 12.5. The van der Waals surface area contributed by atoms with Gasteiger partial charge in [0.15, 0.2) is 6.10 Å². The molecule has 0 aliphatic heterocycles. The lowest BCUT2D eigenvalue weighted by molar-refractivity contribution is -0.151. The number of aliphatic hydroxyl groups excluding tert-OH is 1. The van der Waals surface area contributed by atoms with E-state index in [1.165, 1.54) is 0 Å². The maximum absolute atomic E-state index is 11.9. The summed E-state index contributed by atoms with van der Waals surface area (Å²) >= 11 is 0. The molecule has 0 saturated heterocycles. The van der Waals surface area contributed by atoms with Crippen LogP contribution in [0.25, 0.3) is 0 Å². The molecule has 2 atom stereocenters. The van der Waals surface area contributed by atoms with Crippen LogP contribution >= 0.6 is 0 Å². The SMILES string of the molecule is CCCC(Oc1ccccc1C(O)CC)C(=O)OCC. The molecule has 0 radical (unpaired) electrons. The summed E-state index contributed by atoms with van der Waals surface area (Å²) < 4.78 is 10.8. The van der Waals surface area contributed by atoms with Crippen molar-refractivity contribution in [2.75, 3.05) is 6.61 Å². The molecule has 1 aromatic carbocycles. The van der Waals surface area contributed by atoms with Gasteiger partial charge in [-0.25, -0.2) is 4.79 Å². The number of hydrogen-bond donors (Lipinski definition) is 1. The maximum atomic E-state index is 11.9. The normalized spacial score (nSPS) is 13.6. The van der Waals surface area contributed by atoms with Gasteiger partial charge in [-0.3, -0.25) is 0 Å². The maximum Gasteiger partial charge on any atom is 0.347 e. The molecule has 4 heteroatoms. The van der Waals surface area contributed by atoms with Crippen molar-refractivity contribution in [3.8, 4) is 5.75 Å². The van der Waals surface area contributed by atoms with Crippen LogP contribution in [-0.4, -0.2) is 23.8 Å². The van der Waals surface area contributed by atoms with Gasteiger partial charge in [0.1, 0.15) is 5.75 Å². The molecule has 0 amide bonds. The van der Waals surface area contributed by atoms with Crippen LogP contribution in [-0.2, 0) is 9.53 Å². The number of benzene rings is 1. The lowest BCUT2D eigenvalue weighted by Gasteiger charge is -2.20. The third-order valence-corrected chi connectivity index (χ3v) is 3.03. The highest BCUT2D eigenvalue weighted by atomic mass is 16.6. The summed E-state index contributed by atoms with van der Waals surface area (Å²) in [6.45, 7) is 6.00. The van der Waals surface area contributed by atoms with Crippen LogP contribution in [0.15, 0.2) is 24.3 Å². The van der Waals surface area contributed by atoms with Crippen LogP contribution in [0.4, 0.5) is 0 Å². The number of aliphatic hydroxyl groups is 1. The highest BCUT2D eigenvalue weighted by Gasteiger charge is 2.23. The van der Waals surface area contributed by atoms with E-state index in [9.17, 15) is 9.90 Å². The minimum absolute atomic E-state index is 0.335. The first-order chi connectivity index (χ1) is 9.63. The molecular formula is C16H24O4. The van der Waals surface area contributed by atoms with E-state index in [4.69, 9.17) is 9.47 Å². The number of ether oxygens (including phenoxy) is 2. The van der Waals surface area contributed by atoms with E-state index in [-0.39, 0.29) is 5.97 Å². The number of rotatable bonds is 8. The summed E-state index contributed by atoms with van der Waals surface area (Å²) in [7, 11) is 0. The predicted octanol–water partition coefficient (Wildman–Crippen LogP) is 3.24. The Bertz CT molecular complexity index is 417. The molecule has 2 unspecified atom stereocenters. The third-order valence-electron chi connectivity index (χ3n) is 3.03. The Morgan fingerprint density at radius 2 is 1.95 bits per heavy atom. The van der Waals surface area contributed by atoms with Gasteiger partial charge >= 0.3 is 5.97 Å². The molecule has 1 N–H and O–H groups in total. The summed E-state index contributed by atoms with van der Waals surface area (Å²) in [4.78, 5) is 11.9. The zero-order chi connectivity index (χ0) is 15.0. The predicted molar refractivity (Wildman–Crippen MR) is 77.6 cm³/mol. The van der Waals surface area contributed by atoms with Crippen LogP contribution < -0.4 is 4.74 Å². The van der Waals surface area contributed by atoms with E-state index in [2.05, 4.69) is 0 Å². The zero-order valence-electron chi connectivity index (χ0n) is 12.5. The Morgan fingerprint density at radius 3 is 2.55 bits per heavy atom. The standard InChI is InChI=1S/C16H24O4/c1-4-9-15(16(18)19-6-3)20-14-11-8-7-10-12(14)13(17)5-2/h7-8,10-11,13,15,17H,4-6,9H2,1-3H3. The van der Waals surface area contributed by atoms with E-state index in [1.807, 2.05) is 32.0 Å². The summed E-state index contributed by atoms with van der Waals surface area (Å²) in [6.07, 6.45) is 0.802. The lowest BCUT2D eigenvalue weighted by atomic mass is 10.1. The molecule has 112 valence electrons. The monoisotopic (exact) mass is 280 g/mol. The minimum Gasteiger partial charge on any atom is -0.478 e. The number of para-hydroxylation sites is 1. The first-order valence-electron chi connectivity index (χ1n) is 7.24. The fourth-order valence-corrected chi connectivity index (χ4v) is 1.96. The van der Waals surface area contributed by atoms with Crippen molar-refractivity contribution < 1.29 is 19.4 Å². The van der Waals surface area contributed by atoms with Gasteiger partial charge in [0, 0.05) is 5.56 Å². The molecule has 4 nitrogen and oxygen atoms in total. The largest absolute Gasteiger partial charge is 0.478 e. The smallest absolute Gasteiger partial charge is 0.347 e. The van der Waals surface area contributed by atoms with Gasteiger partial charge in [0.05, 0.1) is 12.7 Å². The minimum atomic E-state index is -0.620. The molecular weight excluding hydrogens is 256 g/mol. The van der Waals surface area contributed by atoms with Crippen LogP contribution in [0.2, 0.25) is 0 Å². The fraction of sp³-hybridized carbons (Fsp3) is 0.562. The third kappa shape index (κ3) is 4.53. The number of carbonyl (C=O) groups excluding carboxylic acids is 1. The fourth-order valence-electron chi connectivity index (χ4n) is 1.96. The molecule has 1 aromatic rings. The van der Waals surface area contributed by atoms with Crippen molar-refractivity contribution in [3.05, 3.63) is 29.8 Å². The second kappa shape index (κ2) is 8.59. The van der Waals surface area contributed by atoms with Crippen molar-refractivity contribution in [3.63, 3.8) is 0 Å². The van der Waals surface area contributed by atoms with Crippen molar-refractivity contribution in [2.45, 2.75) is 52.2 Å². The van der Waals surface area contributed by atoms with Gasteiger partial charge in [-0.05, 0) is 25.8 Å². The topological polar surface area (TPSA) is 55.8 Å². The van der Waals surface area contributed by atoms with Crippen LogP contribution in [0.3, 0.4) is 0 Å². The Hall–Kier alpha value is -1.55. The number of carbonyl (C=O) groups is 1. The first-order valence-corrected chi connectivity index (χ1v) is 7.24. The van der Waals surface area contributed by atoms with Crippen molar-refractivity contribution >= 4 is 5.97 Å². The van der Waals surface area contributed by atoms with E-state index in [0.717, 1.165) is 6.42 Å². The lowest BCUT2D eigenvalue weighted by Crippen LogP contribution is -2.29.